The molecule has 1 saturated heterocycles. The minimum absolute atomic E-state index is 0.00805. The van der Waals surface area contributed by atoms with Crippen LogP contribution in [0.15, 0.2) is 18.2 Å². The first-order chi connectivity index (χ1) is 11.6. The highest BCUT2D eigenvalue weighted by Crippen LogP contribution is 2.24. The lowest BCUT2D eigenvalue weighted by Crippen LogP contribution is -2.43. The molecule has 1 amide bonds. The van der Waals surface area contributed by atoms with Gasteiger partial charge in [-0.25, -0.2) is 0 Å². The summed E-state index contributed by atoms with van der Waals surface area (Å²) >= 11 is 0. The van der Waals surface area contributed by atoms with Crippen LogP contribution in [0.1, 0.15) is 49.0 Å². The number of benzene rings is 1. The predicted octanol–water partition coefficient (Wildman–Crippen LogP) is 3.23. The first-order valence-corrected chi connectivity index (χ1v) is 8.87. The molecule has 0 saturated carbocycles. The van der Waals surface area contributed by atoms with E-state index in [0.29, 0.717) is 25.3 Å². The van der Waals surface area contributed by atoms with Crippen molar-refractivity contribution in [2.75, 3.05) is 31.6 Å². The average molecular weight is 332 g/mol. The minimum atomic E-state index is -0.209. The van der Waals surface area contributed by atoms with Crippen molar-refractivity contribution in [1.29, 1.82) is 0 Å². The minimum Gasteiger partial charge on any atom is -0.466 e. The standard InChI is InChI=1S/C19H28N2O3/c1-4-10-20-17-9-8-14(3)12-16(17)18(22)21-11-6-7-15(13-21)19(23)24-5-2/h8-9,12,15,20H,4-7,10-11,13H2,1-3H3. The molecule has 1 unspecified atom stereocenters. The molecule has 24 heavy (non-hydrogen) atoms. The Balaban J connectivity index is 2.15. The van der Waals surface area contributed by atoms with Crippen molar-refractivity contribution in [3.05, 3.63) is 29.3 Å². The molecule has 1 aliphatic heterocycles. The number of anilines is 1. The van der Waals surface area contributed by atoms with Crippen molar-refractivity contribution < 1.29 is 14.3 Å². The molecule has 1 fully saturated rings. The Morgan fingerprint density at radius 3 is 2.83 bits per heavy atom. The van der Waals surface area contributed by atoms with E-state index < -0.39 is 0 Å². The maximum atomic E-state index is 13.0. The Hall–Kier alpha value is -2.04. The molecule has 0 radical (unpaired) electrons. The topological polar surface area (TPSA) is 58.6 Å². The van der Waals surface area contributed by atoms with Crippen LogP contribution in [0.4, 0.5) is 5.69 Å². The van der Waals surface area contributed by atoms with E-state index in [1.54, 1.807) is 4.90 Å². The summed E-state index contributed by atoms with van der Waals surface area (Å²) in [6.07, 6.45) is 2.62. The van der Waals surface area contributed by atoms with Gasteiger partial charge in [0.2, 0.25) is 0 Å². The van der Waals surface area contributed by atoms with Crippen LogP contribution in [0.2, 0.25) is 0 Å². The van der Waals surface area contributed by atoms with Crippen molar-refractivity contribution in [3.63, 3.8) is 0 Å². The molecule has 0 bridgehead atoms. The third kappa shape index (κ3) is 4.49. The van der Waals surface area contributed by atoms with Crippen LogP contribution < -0.4 is 5.32 Å². The molecule has 1 aliphatic rings. The summed E-state index contributed by atoms with van der Waals surface area (Å²) in [5, 5.41) is 3.33. The molecule has 0 aliphatic carbocycles. The van der Waals surface area contributed by atoms with E-state index in [-0.39, 0.29) is 17.8 Å². The number of hydrogen-bond acceptors (Lipinski definition) is 4. The normalized spacial score (nSPS) is 17.5. The number of piperidine rings is 1. The molecular weight excluding hydrogens is 304 g/mol. The van der Waals surface area contributed by atoms with Crippen molar-refractivity contribution in [2.45, 2.75) is 40.0 Å². The third-order valence-corrected chi connectivity index (χ3v) is 4.30. The molecule has 5 heteroatoms. The van der Waals surface area contributed by atoms with Gasteiger partial charge in [0.15, 0.2) is 0 Å². The number of carbonyl (C=O) groups is 2. The van der Waals surface area contributed by atoms with Gasteiger partial charge in [0, 0.05) is 25.3 Å². The lowest BCUT2D eigenvalue weighted by Gasteiger charge is -2.32. The fourth-order valence-electron chi connectivity index (χ4n) is 3.03. The highest BCUT2D eigenvalue weighted by molar-refractivity contribution is 6.00. The van der Waals surface area contributed by atoms with Gasteiger partial charge in [-0.15, -0.1) is 0 Å². The highest BCUT2D eigenvalue weighted by atomic mass is 16.5. The summed E-state index contributed by atoms with van der Waals surface area (Å²) in [6.45, 7) is 8.23. The Bertz CT molecular complexity index is 586. The molecular formula is C19H28N2O3. The van der Waals surface area contributed by atoms with Gasteiger partial charge in [0.05, 0.1) is 18.1 Å². The zero-order chi connectivity index (χ0) is 17.5. The van der Waals surface area contributed by atoms with E-state index in [0.717, 1.165) is 37.1 Å². The van der Waals surface area contributed by atoms with Gasteiger partial charge in [-0.05, 0) is 45.2 Å². The molecule has 2 rings (SSSR count). The monoisotopic (exact) mass is 332 g/mol. The third-order valence-electron chi connectivity index (χ3n) is 4.30. The maximum Gasteiger partial charge on any atom is 0.310 e. The maximum absolute atomic E-state index is 13.0. The van der Waals surface area contributed by atoms with E-state index in [1.807, 2.05) is 32.0 Å². The first kappa shape index (κ1) is 18.3. The number of nitrogens with one attached hydrogen (secondary N) is 1. The SMILES string of the molecule is CCCNc1ccc(C)cc1C(=O)N1CCCC(C(=O)OCC)C1. The summed E-state index contributed by atoms with van der Waals surface area (Å²) in [7, 11) is 0. The van der Waals surface area contributed by atoms with Gasteiger partial charge < -0.3 is 15.0 Å². The predicted molar refractivity (Wildman–Crippen MR) is 95.2 cm³/mol. The van der Waals surface area contributed by atoms with Gasteiger partial charge >= 0.3 is 5.97 Å². The van der Waals surface area contributed by atoms with E-state index in [9.17, 15) is 9.59 Å². The van der Waals surface area contributed by atoms with Crippen molar-refractivity contribution >= 4 is 17.6 Å². The van der Waals surface area contributed by atoms with Gasteiger partial charge in [-0.2, -0.15) is 0 Å². The fourth-order valence-corrected chi connectivity index (χ4v) is 3.03. The number of esters is 1. The molecule has 1 aromatic carbocycles. The van der Waals surface area contributed by atoms with Crippen LogP contribution in [-0.4, -0.2) is 43.0 Å². The molecule has 0 spiro atoms. The Labute approximate surface area is 144 Å². The van der Waals surface area contributed by atoms with E-state index in [4.69, 9.17) is 4.74 Å². The summed E-state index contributed by atoms with van der Waals surface area (Å²) in [5.74, 6) is -0.408. The van der Waals surface area contributed by atoms with Gasteiger partial charge in [0.1, 0.15) is 0 Å². The summed E-state index contributed by atoms with van der Waals surface area (Å²) in [4.78, 5) is 26.8. The Morgan fingerprint density at radius 2 is 2.12 bits per heavy atom. The number of ether oxygens (including phenoxy) is 1. The summed E-state index contributed by atoms with van der Waals surface area (Å²) in [5.41, 5.74) is 2.61. The van der Waals surface area contributed by atoms with Crippen molar-refractivity contribution in [2.24, 2.45) is 5.92 Å². The quantitative estimate of drug-likeness (QED) is 0.813. The summed E-state index contributed by atoms with van der Waals surface area (Å²) < 4.78 is 5.12. The van der Waals surface area contributed by atoms with Crippen LogP contribution in [0.25, 0.3) is 0 Å². The van der Waals surface area contributed by atoms with E-state index in [1.165, 1.54) is 0 Å². The number of rotatable bonds is 6. The number of aryl methyl sites for hydroxylation is 1. The molecule has 1 N–H and O–H groups in total. The number of nitrogens with zero attached hydrogens (tertiary/aromatic N) is 1. The smallest absolute Gasteiger partial charge is 0.310 e. The second kappa shape index (κ2) is 8.71. The van der Waals surface area contributed by atoms with Gasteiger partial charge in [0.25, 0.3) is 5.91 Å². The van der Waals surface area contributed by atoms with E-state index >= 15 is 0 Å². The van der Waals surface area contributed by atoms with Crippen LogP contribution in [0, 0.1) is 12.8 Å². The number of hydrogen-bond donors (Lipinski definition) is 1. The lowest BCUT2D eigenvalue weighted by atomic mass is 9.97. The molecule has 5 nitrogen and oxygen atoms in total. The molecule has 1 atom stereocenters. The zero-order valence-corrected chi connectivity index (χ0v) is 14.9. The van der Waals surface area contributed by atoms with Gasteiger partial charge in [-0.1, -0.05) is 18.6 Å². The largest absolute Gasteiger partial charge is 0.466 e. The number of carbonyl (C=O) groups excluding carboxylic acids is 2. The molecule has 1 heterocycles. The van der Waals surface area contributed by atoms with E-state index in [2.05, 4.69) is 12.2 Å². The van der Waals surface area contributed by atoms with Crippen molar-refractivity contribution in [1.82, 2.24) is 4.90 Å². The highest BCUT2D eigenvalue weighted by Gasteiger charge is 2.30. The first-order valence-electron chi connectivity index (χ1n) is 8.87. The molecule has 132 valence electrons. The van der Waals surface area contributed by atoms with Crippen LogP contribution in [-0.2, 0) is 9.53 Å². The van der Waals surface area contributed by atoms with Crippen LogP contribution >= 0.6 is 0 Å². The Kier molecular flexibility index (Phi) is 6.64. The average Bonchev–Trinajstić information content (AvgIpc) is 2.60. The second-order valence-corrected chi connectivity index (χ2v) is 6.32. The lowest BCUT2D eigenvalue weighted by molar-refractivity contribution is -0.149. The fraction of sp³-hybridized carbons (Fsp3) is 0.579. The van der Waals surface area contributed by atoms with Crippen molar-refractivity contribution in [3.8, 4) is 0 Å². The Morgan fingerprint density at radius 1 is 1.33 bits per heavy atom. The molecule has 0 aromatic heterocycles. The van der Waals surface area contributed by atoms with Crippen LogP contribution in [0.3, 0.4) is 0 Å². The number of amides is 1. The number of likely N-dealkylation sites (tertiary alicyclic amines) is 1. The molecule has 1 aromatic rings. The van der Waals surface area contributed by atoms with Gasteiger partial charge in [-0.3, -0.25) is 9.59 Å². The summed E-state index contributed by atoms with van der Waals surface area (Å²) in [6, 6.07) is 5.89. The zero-order valence-electron chi connectivity index (χ0n) is 14.9. The van der Waals surface area contributed by atoms with Crippen LogP contribution in [0.5, 0.6) is 0 Å². The second-order valence-electron chi connectivity index (χ2n) is 6.32.